The summed E-state index contributed by atoms with van der Waals surface area (Å²) in [5.74, 6) is 0.811. The fourth-order valence-corrected chi connectivity index (χ4v) is 4.98. The van der Waals surface area contributed by atoms with E-state index in [-0.39, 0.29) is 11.6 Å². The van der Waals surface area contributed by atoms with Crippen molar-refractivity contribution in [2.24, 2.45) is 4.99 Å². The zero-order valence-electron chi connectivity index (χ0n) is 19.8. The number of morpholine rings is 1. The Morgan fingerprint density at radius 1 is 1.08 bits per heavy atom. The van der Waals surface area contributed by atoms with Crippen LogP contribution in [-0.4, -0.2) is 54.2 Å². The fraction of sp³-hybridized carbons (Fsp3) is 0.231. The van der Waals surface area contributed by atoms with Gasteiger partial charge >= 0.3 is 0 Å². The predicted molar refractivity (Wildman–Crippen MR) is 140 cm³/mol. The number of thioether (sulfide) groups is 1. The van der Waals surface area contributed by atoms with E-state index in [0.717, 1.165) is 43.2 Å². The fourth-order valence-electron chi connectivity index (χ4n) is 4.02. The number of amidine groups is 1. The number of aliphatic imine (C=N–C) groups is 1. The van der Waals surface area contributed by atoms with Crippen molar-refractivity contribution in [2.45, 2.75) is 6.92 Å². The van der Waals surface area contributed by atoms with E-state index in [1.807, 2.05) is 31.2 Å². The van der Waals surface area contributed by atoms with E-state index >= 15 is 0 Å². The van der Waals surface area contributed by atoms with Gasteiger partial charge in [-0.05, 0) is 60.6 Å². The highest BCUT2D eigenvalue weighted by atomic mass is 32.2. The van der Waals surface area contributed by atoms with Gasteiger partial charge in [0.1, 0.15) is 11.5 Å². The largest absolute Gasteiger partial charge is 0.457 e. The summed E-state index contributed by atoms with van der Waals surface area (Å²) < 4.78 is 11.3. The monoisotopic (exact) mass is 504 g/mol. The average Bonchev–Trinajstić information content (AvgIpc) is 3.45. The number of hydrogen-bond acceptors (Lipinski definition) is 8. The number of aryl methyl sites for hydroxylation is 1. The molecule has 2 saturated heterocycles. The first-order valence-electron chi connectivity index (χ1n) is 11.4. The molecule has 2 fully saturated rings. The van der Waals surface area contributed by atoms with Gasteiger partial charge in [-0.25, -0.2) is 4.99 Å². The number of non-ortho nitro benzene ring substituents is 1. The lowest BCUT2D eigenvalue weighted by molar-refractivity contribution is -0.384. The summed E-state index contributed by atoms with van der Waals surface area (Å²) in [5, 5.41) is 11.7. The minimum Gasteiger partial charge on any atom is -0.457 e. The second kappa shape index (κ2) is 10.00. The molecule has 2 aromatic carbocycles. The van der Waals surface area contributed by atoms with Crippen LogP contribution >= 0.6 is 11.8 Å². The Morgan fingerprint density at radius 3 is 2.56 bits per heavy atom. The van der Waals surface area contributed by atoms with Crippen LogP contribution in [0.15, 0.2) is 68.9 Å². The van der Waals surface area contributed by atoms with Crippen molar-refractivity contribution in [2.75, 3.05) is 38.3 Å². The summed E-state index contributed by atoms with van der Waals surface area (Å²) in [6.07, 6.45) is 1.67. The number of ether oxygens (including phenoxy) is 1. The SMILES string of the molecule is Cc1ccc([N+](=O)[O-])cc1-c1ccc(/C=C2\SC(=Nc3ccc(N4CCOCC4)cc3)N(C)C2=O)o1. The lowest BCUT2D eigenvalue weighted by Crippen LogP contribution is -2.36. The minimum absolute atomic E-state index is 0.00566. The summed E-state index contributed by atoms with van der Waals surface area (Å²) in [4.78, 5) is 32.5. The highest BCUT2D eigenvalue weighted by Gasteiger charge is 2.30. The van der Waals surface area contributed by atoms with Gasteiger partial charge in [0.25, 0.3) is 11.6 Å². The number of anilines is 1. The number of nitro groups is 1. The third-order valence-corrected chi connectivity index (χ3v) is 7.11. The third kappa shape index (κ3) is 4.91. The quantitative estimate of drug-likeness (QED) is 0.266. The second-order valence-electron chi connectivity index (χ2n) is 8.44. The number of benzene rings is 2. The molecule has 3 heterocycles. The van der Waals surface area contributed by atoms with Crippen LogP contribution in [0.4, 0.5) is 17.1 Å². The molecule has 1 aromatic heterocycles. The average molecular weight is 505 g/mol. The number of amides is 1. The van der Waals surface area contributed by atoms with E-state index in [2.05, 4.69) is 9.89 Å². The maximum Gasteiger partial charge on any atom is 0.270 e. The van der Waals surface area contributed by atoms with Crippen molar-refractivity contribution in [1.29, 1.82) is 0 Å². The van der Waals surface area contributed by atoms with Crippen molar-refractivity contribution in [1.82, 2.24) is 4.90 Å². The Balaban J connectivity index is 1.34. The van der Waals surface area contributed by atoms with Gasteiger partial charge in [-0.2, -0.15) is 0 Å². The number of likely N-dealkylation sites (N-methyl/N-ethyl adjacent to an activating group) is 1. The lowest BCUT2D eigenvalue weighted by atomic mass is 10.1. The van der Waals surface area contributed by atoms with Crippen LogP contribution in [0.25, 0.3) is 17.4 Å². The standard InChI is InChI=1S/C26H24N4O5S/c1-17-3-6-20(30(32)33)15-22(17)23-10-9-21(35-23)16-24-25(31)28(2)26(36-24)27-18-4-7-19(8-5-18)29-11-13-34-14-12-29/h3-10,15-16H,11-14H2,1-2H3/b24-16-,27-26?. The molecule has 184 valence electrons. The molecule has 2 aliphatic rings. The molecule has 3 aromatic rings. The first-order valence-corrected chi connectivity index (χ1v) is 12.2. The van der Waals surface area contributed by atoms with Crippen LogP contribution in [-0.2, 0) is 9.53 Å². The van der Waals surface area contributed by atoms with Crippen LogP contribution in [0.5, 0.6) is 0 Å². The molecule has 2 aliphatic heterocycles. The molecule has 0 bridgehead atoms. The number of furan rings is 1. The Kier molecular flexibility index (Phi) is 6.62. The maximum absolute atomic E-state index is 12.8. The van der Waals surface area contributed by atoms with Crippen molar-refractivity contribution in [3.63, 3.8) is 0 Å². The molecule has 0 unspecified atom stereocenters. The molecule has 0 N–H and O–H groups in total. The number of nitro benzene ring substituents is 1. The van der Waals surface area contributed by atoms with E-state index in [4.69, 9.17) is 9.15 Å². The zero-order valence-corrected chi connectivity index (χ0v) is 20.7. The number of hydrogen-bond donors (Lipinski definition) is 0. The van der Waals surface area contributed by atoms with Gasteiger partial charge in [-0.1, -0.05) is 6.07 Å². The summed E-state index contributed by atoms with van der Waals surface area (Å²) in [5.41, 5.74) is 3.37. The lowest BCUT2D eigenvalue weighted by Gasteiger charge is -2.28. The molecule has 0 aliphatic carbocycles. The molecule has 0 spiro atoms. The van der Waals surface area contributed by atoms with E-state index < -0.39 is 4.92 Å². The van der Waals surface area contributed by atoms with Gasteiger partial charge in [0.2, 0.25) is 0 Å². The van der Waals surface area contributed by atoms with Crippen LogP contribution in [0.3, 0.4) is 0 Å². The Hall–Kier alpha value is -3.89. The molecule has 10 heteroatoms. The van der Waals surface area contributed by atoms with Crippen molar-refractivity contribution >= 4 is 46.0 Å². The van der Waals surface area contributed by atoms with Crippen molar-refractivity contribution in [3.05, 3.63) is 80.9 Å². The molecule has 36 heavy (non-hydrogen) atoms. The minimum atomic E-state index is -0.435. The molecule has 0 saturated carbocycles. The first-order chi connectivity index (χ1) is 17.4. The summed E-state index contributed by atoms with van der Waals surface area (Å²) in [6, 6.07) is 16.1. The van der Waals surface area contributed by atoms with Gasteiger partial charge in [-0.15, -0.1) is 0 Å². The van der Waals surface area contributed by atoms with Crippen LogP contribution < -0.4 is 4.90 Å². The molecule has 0 radical (unpaired) electrons. The predicted octanol–water partition coefficient (Wildman–Crippen LogP) is 5.23. The maximum atomic E-state index is 12.8. The van der Waals surface area contributed by atoms with E-state index in [9.17, 15) is 14.9 Å². The van der Waals surface area contributed by atoms with Crippen molar-refractivity contribution < 1.29 is 18.9 Å². The Labute approximate surface area is 212 Å². The van der Waals surface area contributed by atoms with E-state index in [1.54, 1.807) is 31.3 Å². The summed E-state index contributed by atoms with van der Waals surface area (Å²) in [6.45, 7) is 5.05. The summed E-state index contributed by atoms with van der Waals surface area (Å²) in [7, 11) is 1.69. The van der Waals surface area contributed by atoms with Gasteiger partial charge in [0, 0.05) is 49.6 Å². The number of carbonyl (C=O) groups excluding carboxylic acids is 1. The van der Waals surface area contributed by atoms with Gasteiger partial charge in [0.05, 0.1) is 28.7 Å². The van der Waals surface area contributed by atoms with Crippen LogP contribution in [0, 0.1) is 17.0 Å². The van der Waals surface area contributed by atoms with E-state index in [0.29, 0.717) is 27.2 Å². The topological polar surface area (TPSA) is 101 Å². The Bertz CT molecular complexity index is 1370. The normalized spacial score (nSPS) is 18.4. The highest BCUT2D eigenvalue weighted by molar-refractivity contribution is 8.18. The molecular weight excluding hydrogens is 480 g/mol. The van der Waals surface area contributed by atoms with Crippen LogP contribution in [0.1, 0.15) is 11.3 Å². The van der Waals surface area contributed by atoms with E-state index in [1.165, 1.54) is 28.8 Å². The molecule has 5 rings (SSSR count). The second-order valence-corrected chi connectivity index (χ2v) is 9.45. The Morgan fingerprint density at radius 2 is 1.83 bits per heavy atom. The molecule has 9 nitrogen and oxygen atoms in total. The molecule has 1 amide bonds. The number of rotatable bonds is 5. The zero-order chi connectivity index (χ0) is 25.2. The van der Waals surface area contributed by atoms with Gasteiger partial charge in [-0.3, -0.25) is 19.8 Å². The molecule has 0 atom stereocenters. The smallest absolute Gasteiger partial charge is 0.270 e. The van der Waals surface area contributed by atoms with Gasteiger partial charge in [0.15, 0.2) is 5.17 Å². The number of nitrogens with zero attached hydrogens (tertiary/aromatic N) is 4. The third-order valence-electron chi connectivity index (χ3n) is 6.05. The first kappa shape index (κ1) is 23.8. The number of carbonyl (C=O) groups is 1. The van der Waals surface area contributed by atoms with Crippen LogP contribution in [0.2, 0.25) is 0 Å². The summed E-state index contributed by atoms with van der Waals surface area (Å²) >= 11 is 1.27. The van der Waals surface area contributed by atoms with Crippen molar-refractivity contribution in [3.8, 4) is 11.3 Å². The highest BCUT2D eigenvalue weighted by Crippen LogP contribution is 2.35. The molecular formula is C26H24N4O5S. The van der Waals surface area contributed by atoms with Gasteiger partial charge < -0.3 is 14.1 Å².